The molecule has 2 N–H and O–H groups in total. The Balaban J connectivity index is 1.70. The number of tetrazole rings is 1. The molecule has 0 spiro atoms. The molecule has 1 fully saturated rings. The van der Waals surface area contributed by atoms with Crippen molar-refractivity contribution in [3.05, 3.63) is 51.1 Å². The molecular formula is C25H36N6O2. The second-order valence-corrected chi connectivity index (χ2v) is 9.75. The topological polar surface area (TPSA) is 99.9 Å². The number of aromatic nitrogens is 5. The van der Waals surface area contributed by atoms with Crippen LogP contribution in [-0.4, -0.2) is 48.3 Å². The molecular weight excluding hydrogens is 416 g/mol. The van der Waals surface area contributed by atoms with Crippen LogP contribution in [0.15, 0.2) is 23.0 Å². The number of pyridine rings is 1. The summed E-state index contributed by atoms with van der Waals surface area (Å²) in [5.74, 6) is 1.03. The smallest absolute Gasteiger partial charge is 0.252 e. The molecule has 3 aromatic rings. The first kappa shape index (κ1) is 23.6. The highest BCUT2D eigenvalue weighted by Gasteiger charge is 2.32. The normalized spacial score (nSPS) is 16.2. The van der Waals surface area contributed by atoms with Gasteiger partial charge in [0.1, 0.15) is 0 Å². The summed E-state index contributed by atoms with van der Waals surface area (Å²) < 4.78 is 2.00. The summed E-state index contributed by atoms with van der Waals surface area (Å²) in [6, 6.07) is 6.32. The van der Waals surface area contributed by atoms with E-state index < -0.39 is 0 Å². The lowest BCUT2D eigenvalue weighted by molar-refractivity contribution is 0.103. The second-order valence-electron chi connectivity index (χ2n) is 9.75. The van der Waals surface area contributed by atoms with Crippen molar-refractivity contribution in [1.82, 2.24) is 30.1 Å². The van der Waals surface area contributed by atoms with E-state index in [4.69, 9.17) is 0 Å². The third-order valence-corrected chi connectivity index (χ3v) is 7.12. The number of benzene rings is 1. The summed E-state index contributed by atoms with van der Waals surface area (Å²) >= 11 is 0. The molecule has 0 amide bonds. The Morgan fingerprint density at radius 2 is 1.97 bits per heavy atom. The van der Waals surface area contributed by atoms with Crippen LogP contribution in [0.5, 0.6) is 0 Å². The number of hydrogen-bond donors (Lipinski definition) is 2. The van der Waals surface area contributed by atoms with Gasteiger partial charge in [0.2, 0.25) is 0 Å². The Hall–Kier alpha value is -2.58. The molecule has 1 aliphatic carbocycles. The number of nitrogens with zero attached hydrogens (tertiary/aromatic N) is 5. The lowest BCUT2D eigenvalue weighted by atomic mass is 9.94. The fourth-order valence-corrected chi connectivity index (χ4v) is 5.22. The molecule has 1 atom stereocenters. The molecule has 1 unspecified atom stereocenters. The number of rotatable bonds is 8. The summed E-state index contributed by atoms with van der Waals surface area (Å²) in [7, 11) is 0. The van der Waals surface area contributed by atoms with Gasteiger partial charge in [0.25, 0.3) is 5.56 Å². The minimum Gasteiger partial charge on any atom is -0.395 e. The Bertz CT molecular complexity index is 1150. The quantitative estimate of drug-likeness (QED) is 0.539. The van der Waals surface area contributed by atoms with E-state index in [1.54, 1.807) is 0 Å². The van der Waals surface area contributed by atoms with Gasteiger partial charge in [0.05, 0.1) is 24.2 Å². The zero-order valence-corrected chi connectivity index (χ0v) is 20.2. The fourth-order valence-electron chi connectivity index (χ4n) is 5.22. The van der Waals surface area contributed by atoms with Gasteiger partial charge in [-0.1, -0.05) is 45.2 Å². The molecule has 1 aliphatic rings. The number of hydrogen-bond acceptors (Lipinski definition) is 6. The van der Waals surface area contributed by atoms with Crippen LogP contribution in [0.3, 0.4) is 0 Å². The number of fused-ring (bicyclic) bond motifs is 1. The van der Waals surface area contributed by atoms with Gasteiger partial charge < -0.3 is 10.1 Å². The summed E-state index contributed by atoms with van der Waals surface area (Å²) in [4.78, 5) is 18.3. The molecule has 8 heteroatoms. The number of aromatic amines is 1. The molecule has 4 rings (SSSR count). The first-order chi connectivity index (χ1) is 15.9. The van der Waals surface area contributed by atoms with Gasteiger partial charge in [-0.15, -0.1) is 5.10 Å². The summed E-state index contributed by atoms with van der Waals surface area (Å²) in [5, 5.41) is 23.7. The highest BCUT2D eigenvalue weighted by atomic mass is 16.3. The van der Waals surface area contributed by atoms with E-state index >= 15 is 0 Å². The fraction of sp³-hybridized carbons (Fsp3) is 0.600. The first-order valence-electron chi connectivity index (χ1n) is 12.2. The van der Waals surface area contributed by atoms with E-state index in [2.05, 4.69) is 51.4 Å². The minimum absolute atomic E-state index is 0.00198. The summed E-state index contributed by atoms with van der Waals surface area (Å²) in [6.45, 7) is 9.22. The van der Waals surface area contributed by atoms with Crippen LogP contribution in [0.2, 0.25) is 0 Å². The van der Waals surface area contributed by atoms with Gasteiger partial charge in [-0.2, -0.15) is 0 Å². The largest absolute Gasteiger partial charge is 0.395 e. The van der Waals surface area contributed by atoms with E-state index in [-0.39, 0.29) is 24.1 Å². The Kier molecular flexibility index (Phi) is 7.24. The van der Waals surface area contributed by atoms with Crippen LogP contribution < -0.4 is 5.56 Å². The van der Waals surface area contributed by atoms with Crippen molar-refractivity contribution in [1.29, 1.82) is 0 Å². The van der Waals surface area contributed by atoms with E-state index in [1.165, 1.54) is 19.3 Å². The number of aliphatic hydroxyl groups excluding tert-OH is 1. The zero-order chi connectivity index (χ0) is 23.5. The maximum absolute atomic E-state index is 13.0. The van der Waals surface area contributed by atoms with Crippen LogP contribution in [0, 0.1) is 19.8 Å². The van der Waals surface area contributed by atoms with E-state index in [0.717, 1.165) is 40.7 Å². The number of aliphatic hydroxyl groups is 1. The predicted octanol–water partition coefficient (Wildman–Crippen LogP) is 3.83. The molecule has 0 saturated heterocycles. The first-order valence-corrected chi connectivity index (χ1v) is 12.2. The zero-order valence-electron chi connectivity index (χ0n) is 20.2. The van der Waals surface area contributed by atoms with Gasteiger partial charge in [0.15, 0.2) is 5.82 Å². The highest BCUT2D eigenvalue weighted by molar-refractivity contribution is 5.83. The molecule has 0 aliphatic heterocycles. The molecule has 0 bridgehead atoms. The van der Waals surface area contributed by atoms with Crippen molar-refractivity contribution in [2.45, 2.75) is 78.4 Å². The molecule has 33 heavy (non-hydrogen) atoms. The third kappa shape index (κ3) is 4.87. The van der Waals surface area contributed by atoms with Gasteiger partial charge in [-0.05, 0) is 65.6 Å². The van der Waals surface area contributed by atoms with Crippen LogP contribution in [-0.2, 0) is 6.54 Å². The predicted molar refractivity (Wildman–Crippen MR) is 129 cm³/mol. The molecule has 1 aromatic carbocycles. The van der Waals surface area contributed by atoms with Crippen molar-refractivity contribution in [3.8, 4) is 0 Å². The van der Waals surface area contributed by atoms with Gasteiger partial charge in [-0.25, -0.2) is 4.68 Å². The molecule has 0 radical (unpaired) electrons. The minimum atomic E-state index is -0.107. The van der Waals surface area contributed by atoms with Gasteiger partial charge in [0, 0.05) is 18.7 Å². The summed E-state index contributed by atoms with van der Waals surface area (Å²) in [6.07, 6.45) is 5.84. The average molecular weight is 453 g/mol. The van der Waals surface area contributed by atoms with E-state index in [0.29, 0.717) is 24.7 Å². The van der Waals surface area contributed by atoms with E-state index in [9.17, 15) is 9.90 Å². The van der Waals surface area contributed by atoms with Crippen molar-refractivity contribution in [2.75, 3.05) is 13.2 Å². The average Bonchev–Trinajstić information content (AvgIpc) is 3.27. The standard InChI is InChI=1S/C25H36N6O2/c1-16(2)23(24-27-28-29-31(24)21-8-6-5-7-9-21)30(12-13-32)15-20-14-19-11-10-17(3)18(4)22(19)26-25(20)33/h10-11,14,16,21,23,32H,5-9,12-13,15H2,1-4H3,(H,26,33). The molecule has 1 saturated carbocycles. The Morgan fingerprint density at radius 3 is 2.67 bits per heavy atom. The highest BCUT2D eigenvalue weighted by Crippen LogP contribution is 2.33. The molecule has 2 heterocycles. The van der Waals surface area contributed by atoms with Crippen molar-refractivity contribution < 1.29 is 5.11 Å². The maximum atomic E-state index is 13.0. The number of nitrogens with one attached hydrogen (secondary N) is 1. The van der Waals surface area contributed by atoms with Gasteiger partial charge >= 0.3 is 0 Å². The van der Waals surface area contributed by atoms with Gasteiger partial charge in [-0.3, -0.25) is 9.69 Å². The second kappa shape index (κ2) is 10.1. The molecule has 178 valence electrons. The third-order valence-electron chi connectivity index (χ3n) is 7.12. The van der Waals surface area contributed by atoms with Crippen molar-refractivity contribution in [2.24, 2.45) is 5.92 Å². The lowest BCUT2D eigenvalue weighted by Gasteiger charge is -2.34. The Morgan fingerprint density at radius 1 is 1.21 bits per heavy atom. The maximum Gasteiger partial charge on any atom is 0.252 e. The van der Waals surface area contributed by atoms with E-state index in [1.807, 2.05) is 24.6 Å². The van der Waals surface area contributed by atoms with Crippen LogP contribution in [0.25, 0.3) is 10.9 Å². The van der Waals surface area contributed by atoms with Crippen molar-refractivity contribution >= 4 is 10.9 Å². The van der Waals surface area contributed by atoms with Crippen LogP contribution in [0.4, 0.5) is 0 Å². The molecule has 2 aromatic heterocycles. The Labute approximate surface area is 195 Å². The molecule has 8 nitrogen and oxygen atoms in total. The van der Waals surface area contributed by atoms with Crippen LogP contribution >= 0.6 is 0 Å². The number of aryl methyl sites for hydroxylation is 2. The SMILES string of the molecule is Cc1ccc2cc(CN(CCO)C(c3nnnn3C3CCCCC3)C(C)C)c(=O)[nH]c2c1C. The monoisotopic (exact) mass is 452 g/mol. The number of H-pyrrole nitrogens is 1. The summed E-state index contributed by atoms with van der Waals surface area (Å²) in [5.41, 5.74) is 3.73. The lowest BCUT2D eigenvalue weighted by Crippen LogP contribution is -2.38. The van der Waals surface area contributed by atoms with Crippen LogP contribution in [0.1, 0.15) is 80.6 Å². The van der Waals surface area contributed by atoms with Crippen molar-refractivity contribution in [3.63, 3.8) is 0 Å².